The molecule has 1 aliphatic heterocycles. The molecule has 1 fully saturated rings. The topological polar surface area (TPSA) is 67.7 Å². The highest BCUT2D eigenvalue weighted by Crippen LogP contribution is 2.26. The molecule has 0 N–H and O–H groups in total. The van der Waals surface area contributed by atoms with E-state index in [1.807, 2.05) is 18.2 Å². The number of rotatable bonds is 5. The molecule has 1 aromatic carbocycles. The van der Waals surface area contributed by atoms with Gasteiger partial charge in [-0.2, -0.15) is 5.10 Å². The van der Waals surface area contributed by atoms with Crippen molar-refractivity contribution in [1.82, 2.24) is 19.6 Å². The zero-order chi connectivity index (χ0) is 20.3. The summed E-state index contributed by atoms with van der Waals surface area (Å²) in [7, 11) is 1.62. The van der Waals surface area contributed by atoms with Crippen LogP contribution < -0.4 is 0 Å². The number of hydrogen-bond donors (Lipinski definition) is 0. The fourth-order valence-electron chi connectivity index (χ4n) is 3.15. The molecule has 0 aliphatic carbocycles. The molecule has 7 nitrogen and oxygen atoms in total. The van der Waals surface area contributed by atoms with Gasteiger partial charge in [-0.05, 0) is 19.1 Å². The zero-order valence-corrected chi connectivity index (χ0v) is 17.3. The Kier molecular flexibility index (Phi) is 6.59. The summed E-state index contributed by atoms with van der Waals surface area (Å²) in [6.07, 6.45) is 0. The third kappa shape index (κ3) is 4.48. The summed E-state index contributed by atoms with van der Waals surface area (Å²) in [5, 5.41) is 5.46. The second-order valence-corrected chi connectivity index (χ2v) is 7.34. The number of halogens is 2. The lowest BCUT2D eigenvalue weighted by Crippen LogP contribution is -2.48. The molecule has 2 heterocycles. The van der Waals surface area contributed by atoms with E-state index in [4.69, 9.17) is 27.9 Å². The van der Waals surface area contributed by atoms with Crippen molar-refractivity contribution in [1.29, 1.82) is 0 Å². The van der Waals surface area contributed by atoms with Crippen LogP contribution in [0.5, 0.6) is 0 Å². The summed E-state index contributed by atoms with van der Waals surface area (Å²) >= 11 is 12.5. The van der Waals surface area contributed by atoms with Crippen molar-refractivity contribution >= 4 is 35.1 Å². The van der Waals surface area contributed by atoms with Crippen molar-refractivity contribution in [3.05, 3.63) is 51.3 Å². The quantitative estimate of drug-likeness (QED) is 0.690. The van der Waals surface area contributed by atoms with Gasteiger partial charge in [-0.3, -0.25) is 14.4 Å². The fourth-order valence-corrected chi connectivity index (χ4v) is 3.66. The molecule has 28 heavy (non-hydrogen) atoms. The molecule has 150 valence electrons. The highest BCUT2D eigenvalue weighted by molar-refractivity contribution is 6.35. The zero-order valence-electron chi connectivity index (χ0n) is 15.8. The summed E-state index contributed by atoms with van der Waals surface area (Å²) in [4.78, 5) is 28.6. The van der Waals surface area contributed by atoms with Crippen LogP contribution >= 0.6 is 23.2 Å². The van der Waals surface area contributed by atoms with Crippen molar-refractivity contribution in [3.8, 4) is 0 Å². The average molecular weight is 425 g/mol. The first-order valence-electron chi connectivity index (χ1n) is 9.06. The largest absolute Gasteiger partial charge is 0.461 e. The second-order valence-electron chi connectivity index (χ2n) is 6.53. The van der Waals surface area contributed by atoms with Crippen LogP contribution in [0.3, 0.4) is 0 Å². The number of nitrogens with zero attached hydrogens (tertiary/aromatic N) is 4. The monoisotopic (exact) mass is 424 g/mol. The number of hydrogen-bond acceptors (Lipinski definition) is 5. The number of benzene rings is 1. The van der Waals surface area contributed by atoms with Gasteiger partial charge in [0.15, 0.2) is 5.69 Å². The molecule has 1 aromatic heterocycles. The van der Waals surface area contributed by atoms with Gasteiger partial charge in [-0.25, -0.2) is 4.79 Å². The predicted molar refractivity (Wildman–Crippen MR) is 107 cm³/mol. The van der Waals surface area contributed by atoms with Crippen molar-refractivity contribution in [2.75, 3.05) is 32.8 Å². The van der Waals surface area contributed by atoms with Crippen molar-refractivity contribution < 1.29 is 14.3 Å². The molecule has 0 atom stereocenters. The highest BCUT2D eigenvalue weighted by Gasteiger charge is 2.26. The molecule has 0 radical (unpaired) electrons. The average Bonchev–Trinajstić information content (AvgIpc) is 3.07. The summed E-state index contributed by atoms with van der Waals surface area (Å²) in [5.74, 6) is -0.681. The van der Waals surface area contributed by atoms with Crippen LogP contribution in [0.15, 0.2) is 24.3 Å². The molecule has 0 spiro atoms. The Morgan fingerprint density at radius 2 is 1.79 bits per heavy atom. The number of esters is 1. The van der Waals surface area contributed by atoms with Gasteiger partial charge in [-0.1, -0.05) is 29.3 Å². The van der Waals surface area contributed by atoms with E-state index in [1.165, 1.54) is 10.7 Å². The standard InChI is InChI=1S/C19H22Cl2N4O3/c1-3-28-19(27)17-11-16(22-23(17)2)18(26)25-9-7-24(8-10-25)12-13-14(20)5-4-6-15(13)21/h4-6,11H,3,7-10,12H2,1-2H3. The second kappa shape index (κ2) is 8.94. The van der Waals surface area contributed by atoms with E-state index in [-0.39, 0.29) is 23.9 Å². The van der Waals surface area contributed by atoms with E-state index >= 15 is 0 Å². The smallest absolute Gasteiger partial charge is 0.356 e. The summed E-state index contributed by atoms with van der Waals surface area (Å²) < 4.78 is 6.36. The molecule has 1 saturated heterocycles. The Bertz CT molecular complexity index is 856. The fraction of sp³-hybridized carbons (Fsp3) is 0.421. The summed E-state index contributed by atoms with van der Waals surface area (Å²) in [5.41, 5.74) is 1.40. The first kappa shape index (κ1) is 20.6. The number of amides is 1. The minimum atomic E-state index is -0.488. The molecule has 9 heteroatoms. The van der Waals surface area contributed by atoms with Crippen LogP contribution in [-0.4, -0.2) is 64.2 Å². The van der Waals surface area contributed by atoms with Gasteiger partial charge in [0.05, 0.1) is 6.61 Å². The van der Waals surface area contributed by atoms with E-state index < -0.39 is 5.97 Å². The summed E-state index contributed by atoms with van der Waals surface area (Å²) in [6.45, 7) is 5.16. The Labute approximate surface area is 173 Å². The number of aromatic nitrogens is 2. The van der Waals surface area contributed by atoms with E-state index in [0.717, 1.165) is 5.56 Å². The molecule has 2 aromatic rings. The van der Waals surface area contributed by atoms with Gasteiger partial charge in [0, 0.05) is 61.4 Å². The molecule has 1 amide bonds. The van der Waals surface area contributed by atoms with Crippen LogP contribution in [0, 0.1) is 0 Å². The normalized spacial score (nSPS) is 14.9. The molecule has 1 aliphatic rings. The van der Waals surface area contributed by atoms with Gasteiger partial charge >= 0.3 is 5.97 Å². The van der Waals surface area contributed by atoms with Gasteiger partial charge in [0.1, 0.15) is 5.69 Å². The van der Waals surface area contributed by atoms with Gasteiger partial charge in [0.25, 0.3) is 5.91 Å². The third-order valence-electron chi connectivity index (χ3n) is 4.69. The number of carbonyl (C=O) groups excluding carboxylic acids is 2. The van der Waals surface area contributed by atoms with Crippen LogP contribution in [0.4, 0.5) is 0 Å². The van der Waals surface area contributed by atoms with Gasteiger partial charge < -0.3 is 9.64 Å². The van der Waals surface area contributed by atoms with Crippen LogP contribution in [0.25, 0.3) is 0 Å². The van der Waals surface area contributed by atoms with Crippen molar-refractivity contribution in [3.63, 3.8) is 0 Å². The number of aryl methyl sites for hydroxylation is 1. The summed E-state index contributed by atoms with van der Waals surface area (Å²) in [6, 6.07) is 6.95. The molecular weight excluding hydrogens is 403 g/mol. The SMILES string of the molecule is CCOC(=O)c1cc(C(=O)N2CCN(Cc3c(Cl)cccc3Cl)CC2)nn1C. The minimum Gasteiger partial charge on any atom is -0.461 e. The third-order valence-corrected chi connectivity index (χ3v) is 5.39. The maximum Gasteiger partial charge on any atom is 0.356 e. The lowest BCUT2D eigenvalue weighted by molar-refractivity contribution is 0.0513. The predicted octanol–water partition coefficient (Wildman–Crippen LogP) is 2.86. The van der Waals surface area contributed by atoms with Crippen molar-refractivity contribution in [2.45, 2.75) is 13.5 Å². The number of carbonyl (C=O) groups is 2. The molecule has 0 bridgehead atoms. The van der Waals surface area contributed by atoms with Crippen LogP contribution in [0.2, 0.25) is 10.0 Å². The Morgan fingerprint density at radius 3 is 2.39 bits per heavy atom. The molecular formula is C19H22Cl2N4O3. The van der Waals surface area contributed by atoms with Gasteiger partial charge in [0.2, 0.25) is 0 Å². The van der Waals surface area contributed by atoms with Crippen molar-refractivity contribution in [2.24, 2.45) is 7.05 Å². The lowest BCUT2D eigenvalue weighted by atomic mass is 10.2. The maximum absolute atomic E-state index is 12.8. The van der Waals surface area contributed by atoms with E-state index in [9.17, 15) is 9.59 Å². The first-order chi connectivity index (χ1) is 13.4. The highest BCUT2D eigenvalue weighted by atomic mass is 35.5. The molecule has 3 rings (SSSR count). The molecule has 0 saturated carbocycles. The van der Waals surface area contributed by atoms with E-state index in [0.29, 0.717) is 42.8 Å². The molecule has 0 unspecified atom stereocenters. The minimum absolute atomic E-state index is 0.193. The Balaban J connectivity index is 1.61. The maximum atomic E-state index is 12.8. The van der Waals surface area contributed by atoms with Crippen LogP contribution in [0.1, 0.15) is 33.5 Å². The number of ether oxygens (including phenoxy) is 1. The van der Waals surface area contributed by atoms with Crippen LogP contribution in [-0.2, 0) is 18.3 Å². The van der Waals surface area contributed by atoms with E-state index in [2.05, 4.69) is 10.00 Å². The van der Waals surface area contributed by atoms with E-state index in [1.54, 1.807) is 18.9 Å². The lowest BCUT2D eigenvalue weighted by Gasteiger charge is -2.34. The Hall–Kier alpha value is -2.09. The van der Waals surface area contributed by atoms with Gasteiger partial charge in [-0.15, -0.1) is 0 Å². The first-order valence-corrected chi connectivity index (χ1v) is 9.82. The number of piperazine rings is 1. The Morgan fingerprint density at radius 1 is 1.14 bits per heavy atom.